The summed E-state index contributed by atoms with van der Waals surface area (Å²) in [6.45, 7) is 4.79. The standard InChI is InChI=1S/C21H22F2N4O4S.C16H14F2N4O2S.ClH/c1-21(2,3)31-20(28)26(4)12-14-13-27(32(29,30)16-9-5-6-10-24-16)18(17(14)22)15-8-7-11-25-19(15)23;1-19-9-11-10-22(25(23,24)13-6-2-3-7-20-13)15(14(11)17)12-5-4-8-21-16(12)18;/h5-11,13H,12H2,1-4H3;2-8,10,19H,9H2,1H3;1H. The second-order valence-corrected chi connectivity index (χ2v) is 16.6. The van der Waals surface area contributed by atoms with Gasteiger partial charge in [0.1, 0.15) is 17.0 Å². The van der Waals surface area contributed by atoms with E-state index in [1.807, 2.05) is 0 Å². The van der Waals surface area contributed by atoms with E-state index in [9.17, 15) is 34.8 Å². The van der Waals surface area contributed by atoms with Crippen LogP contribution in [0, 0.1) is 23.5 Å². The summed E-state index contributed by atoms with van der Waals surface area (Å²) >= 11 is 0. The van der Waals surface area contributed by atoms with Gasteiger partial charge in [0.05, 0.1) is 17.7 Å². The molecule has 308 valence electrons. The number of hydrogen-bond acceptors (Lipinski definition) is 11. The first-order valence-electron chi connectivity index (χ1n) is 16.8. The zero-order valence-corrected chi connectivity index (χ0v) is 33.9. The molecule has 0 radical (unpaired) electrons. The molecule has 6 aromatic rings. The van der Waals surface area contributed by atoms with E-state index in [4.69, 9.17) is 4.74 Å². The number of ether oxygens (including phenoxy) is 1. The number of amides is 1. The molecule has 1 N–H and O–H groups in total. The lowest BCUT2D eigenvalue weighted by Crippen LogP contribution is -2.33. The molecule has 0 aliphatic heterocycles. The van der Waals surface area contributed by atoms with Gasteiger partial charge in [-0.2, -0.15) is 25.6 Å². The first-order valence-corrected chi connectivity index (χ1v) is 19.7. The predicted octanol–water partition coefficient (Wildman–Crippen LogP) is 6.43. The molecule has 0 spiro atoms. The van der Waals surface area contributed by atoms with Crippen molar-refractivity contribution in [1.82, 2.24) is 38.1 Å². The Morgan fingerprint density at radius 3 is 1.53 bits per heavy atom. The van der Waals surface area contributed by atoms with Gasteiger partial charge in [0.15, 0.2) is 21.7 Å². The molecular formula is C37H37ClF4N8O6S2. The Labute approximate surface area is 338 Å². The molecular weight excluding hydrogens is 828 g/mol. The summed E-state index contributed by atoms with van der Waals surface area (Å²) in [5, 5.41) is 2.12. The predicted molar refractivity (Wildman–Crippen MR) is 207 cm³/mol. The minimum Gasteiger partial charge on any atom is -0.444 e. The molecule has 6 heterocycles. The van der Waals surface area contributed by atoms with Crippen molar-refractivity contribution in [2.75, 3.05) is 14.1 Å². The van der Waals surface area contributed by atoms with Gasteiger partial charge in [-0.3, -0.25) is 0 Å². The smallest absolute Gasteiger partial charge is 0.410 e. The lowest BCUT2D eigenvalue weighted by molar-refractivity contribution is 0.0284. The fraction of sp³-hybridized carbons (Fsp3) is 0.216. The van der Waals surface area contributed by atoms with Gasteiger partial charge in [0.25, 0.3) is 20.0 Å². The Hall–Kier alpha value is -5.70. The highest BCUT2D eigenvalue weighted by Crippen LogP contribution is 2.33. The van der Waals surface area contributed by atoms with Crippen molar-refractivity contribution in [3.63, 3.8) is 0 Å². The van der Waals surface area contributed by atoms with Gasteiger partial charge in [0.2, 0.25) is 11.9 Å². The van der Waals surface area contributed by atoms with Crippen LogP contribution in [0.1, 0.15) is 31.9 Å². The zero-order valence-electron chi connectivity index (χ0n) is 31.5. The Morgan fingerprint density at radius 2 is 1.14 bits per heavy atom. The number of aromatic nitrogens is 6. The van der Waals surface area contributed by atoms with E-state index >= 15 is 4.39 Å². The highest BCUT2D eigenvalue weighted by atomic mass is 35.5. The molecule has 0 unspecified atom stereocenters. The van der Waals surface area contributed by atoms with E-state index in [-0.39, 0.29) is 57.8 Å². The maximum atomic E-state index is 15.5. The molecule has 0 fully saturated rings. The van der Waals surface area contributed by atoms with Crippen LogP contribution in [0.15, 0.2) is 108 Å². The summed E-state index contributed by atoms with van der Waals surface area (Å²) in [6.07, 6.45) is 6.34. The van der Waals surface area contributed by atoms with Gasteiger partial charge < -0.3 is 15.0 Å². The Kier molecular flexibility index (Phi) is 14.2. The topological polar surface area (TPSA) is 171 Å². The van der Waals surface area contributed by atoms with Crippen molar-refractivity contribution in [3.8, 4) is 22.5 Å². The van der Waals surface area contributed by atoms with Crippen molar-refractivity contribution < 1.29 is 43.9 Å². The minimum atomic E-state index is -4.38. The quantitative estimate of drug-likeness (QED) is 0.119. The molecule has 0 saturated carbocycles. The number of nitrogens with one attached hydrogen (secondary N) is 1. The van der Waals surface area contributed by atoms with Crippen LogP contribution in [0.3, 0.4) is 0 Å². The third kappa shape index (κ3) is 9.69. The van der Waals surface area contributed by atoms with E-state index in [1.165, 1.54) is 80.2 Å². The van der Waals surface area contributed by atoms with Gasteiger partial charge in [-0.1, -0.05) is 12.1 Å². The maximum Gasteiger partial charge on any atom is 0.410 e. The van der Waals surface area contributed by atoms with E-state index in [1.54, 1.807) is 33.9 Å². The van der Waals surface area contributed by atoms with Gasteiger partial charge in [0, 0.05) is 61.9 Å². The molecule has 14 nitrogen and oxygen atoms in total. The van der Waals surface area contributed by atoms with Crippen LogP contribution in [-0.2, 0) is 37.9 Å². The fourth-order valence-electron chi connectivity index (χ4n) is 5.29. The summed E-state index contributed by atoms with van der Waals surface area (Å²) in [7, 11) is -5.63. The van der Waals surface area contributed by atoms with Crippen LogP contribution in [0.2, 0.25) is 0 Å². The third-order valence-electron chi connectivity index (χ3n) is 7.80. The van der Waals surface area contributed by atoms with Gasteiger partial charge in [-0.15, -0.1) is 12.4 Å². The van der Waals surface area contributed by atoms with Crippen molar-refractivity contribution in [1.29, 1.82) is 0 Å². The number of rotatable bonds is 10. The summed E-state index contributed by atoms with van der Waals surface area (Å²) in [5.41, 5.74) is -2.41. The van der Waals surface area contributed by atoms with E-state index in [2.05, 4.69) is 25.3 Å². The molecule has 0 aliphatic rings. The average Bonchev–Trinajstić information content (AvgIpc) is 3.68. The van der Waals surface area contributed by atoms with Crippen LogP contribution in [0.25, 0.3) is 22.5 Å². The molecule has 58 heavy (non-hydrogen) atoms. The minimum absolute atomic E-state index is 0. The van der Waals surface area contributed by atoms with Gasteiger partial charge in [-0.25, -0.2) is 41.5 Å². The summed E-state index contributed by atoms with van der Waals surface area (Å²) in [6, 6.07) is 13.8. The summed E-state index contributed by atoms with van der Waals surface area (Å²) in [5.74, 6) is -3.85. The van der Waals surface area contributed by atoms with E-state index in [0.717, 1.165) is 23.5 Å². The fourth-order valence-corrected chi connectivity index (χ4v) is 7.95. The normalized spacial score (nSPS) is 11.6. The van der Waals surface area contributed by atoms with Crippen LogP contribution in [0.5, 0.6) is 0 Å². The van der Waals surface area contributed by atoms with Gasteiger partial charge >= 0.3 is 6.09 Å². The van der Waals surface area contributed by atoms with Crippen LogP contribution in [0.4, 0.5) is 22.4 Å². The van der Waals surface area contributed by atoms with Crippen molar-refractivity contribution in [2.24, 2.45) is 0 Å². The SMILES string of the molecule is CN(Cc1cn(S(=O)(=O)c2ccccn2)c(-c2cccnc2F)c1F)C(=O)OC(C)(C)C.CNCc1cn(S(=O)(=O)c2ccccn2)c(-c2cccnc2F)c1F.Cl. The molecule has 0 aliphatic carbocycles. The van der Waals surface area contributed by atoms with E-state index in [0.29, 0.717) is 7.94 Å². The van der Waals surface area contributed by atoms with E-state index < -0.39 is 66.7 Å². The third-order valence-corrected chi connectivity index (χ3v) is 10.9. The van der Waals surface area contributed by atoms with Crippen molar-refractivity contribution >= 4 is 38.5 Å². The summed E-state index contributed by atoms with van der Waals surface area (Å²) < 4.78 is 118. The Balaban J connectivity index is 0.000000259. The lowest BCUT2D eigenvalue weighted by atomic mass is 10.1. The molecule has 6 aromatic heterocycles. The molecule has 0 atom stereocenters. The van der Waals surface area contributed by atoms with Crippen molar-refractivity contribution in [3.05, 3.63) is 133 Å². The molecule has 21 heteroatoms. The Bertz CT molecular complexity index is 2610. The lowest BCUT2D eigenvalue weighted by Gasteiger charge is -2.24. The molecule has 0 bridgehead atoms. The molecule has 0 saturated heterocycles. The molecule has 0 aromatic carbocycles. The summed E-state index contributed by atoms with van der Waals surface area (Å²) in [4.78, 5) is 28.0. The second-order valence-electron chi connectivity index (χ2n) is 13.1. The van der Waals surface area contributed by atoms with Crippen molar-refractivity contribution in [2.45, 2.75) is 49.5 Å². The largest absolute Gasteiger partial charge is 0.444 e. The molecule has 6 rings (SSSR count). The van der Waals surface area contributed by atoms with Crippen LogP contribution >= 0.6 is 12.4 Å². The number of halogens is 5. The van der Waals surface area contributed by atoms with Crippen LogP contribution < -0.4 is 5.32 Å². The van der Waals surface area contributed by atoms with Gasteiger partial charge in [-0.05, 0) is 76.3 Å². The average molecular weight is 865 g/mol. The second kappa shape index (κ2) is 18.3. The highest BCUT2D eigenvalue weighted by Gasteiger charge is 2.31. The number of carbonyl (C=O) groups is 1. The Morgan fingerprint density at radius 1 is 0.707 bits per heavy atom. The zero-order chi connectivity index (χ0) is 41.7. The first-order chi connectivity index (χ1) is 26.9. The number of carbonyl (C=O) groups excluding carboxylic acids is 1. The first kappa shape index (κ1) is 45.0. The molecule has 1 amide bonds. The number of hydrogen-bond donors (Lipinski definition) is 1. The number of nitrogens with zero attached hydrogens (tertiary/aromatic N) is 7. The number of pyridine rings is 4. The maximum absolute atomic E-state index is 15.5. The monoisotopic (exact) mass is 864 g/mol. The highest BCUT2D eigenvalue weighted by molar-refractivity contribution is 7.90. The van der Waals surface area contributed by atoms with Crippen LogP contribution in [-0.4, -0.2) is 75.4 Å².